The number of ether oxygens (including phenoxy) is 1. The van der Waals surface area contributed by atoms with Crippen LogP contribution in [0.3, 0.4) is 0 Å². The quantitative estimate of drug-likeness (QED) is 0.806. The summed E-state index contributed by atoms with van der Waals surface area (Å²) in [4.78, 5) is 12.1. The van der Waals surface area contributed by atoms with Crippen LogP contribution in [-0.4, -0.2) is 18.5 Å². The van der Waals surface area contributed by atoms with Crippen molar-refractivity contribution in [1.29, 1.82) is 0 Å². The smallest absolute Gasteiger partial charge is 0.143 e. The lowest BCUT2D eigenvalue weighted by Crippen LogP contribution is -2.23. The van der Waals surface area contributed by atoms with E-state index in [2.05, 4.69) is 0 Å². The largest absolute Gasteiger partial charge is 0.378 e. The third-order valence-corrected chi connectivity index (χ3v) is 3.47. The van der Waals surface area contributed by atoms with Gasteiger partial charge in [-0.1, -0.05) is 6.07 Å². The molecule has 2 unspecified atom stereocenters. The molecule has 1 aliphatic rings. The molecular formula is C14H17FO2. The third-order valence-electron chi connectivity index (χ3n) is 3.47. The summed E-state index contributed by atoms with van der Waals surface area (Å²) in [7, 11) is 0. The normalized spacial score (nSPS) is 23.9. The van der Waals surface area contributed by atoms with Crippen LogP contribution < -0.4 is 0 Å². The van der Waals surface area contributed by atoms with Crippen LogP contribution in [0.1, 0.15) is 24.5 Å². The van der Waals surface area contributed by atoms with Crippen LogP contribution in [-0.2, 0) is 16.0 Å². The molecule has 0 saturated carbocycles. The first-order valence-corrected chi connectivity index (χ1v) is 5.97. The summed E-state index contributed by atoms with van der Waals surface area (Å²) < 4.78 is 18.5. The predicted molar refractivity (Wildman–Crippen MR) is 63.4 cm³/mol. The molecule has 3 heteroatoms. The monoisotopic (exact) mass is 236 g/mol. The zero-order chi connectivity index (χ0) is 12.4. The topological polar surface area (TPSA) is 26.3 Å². The molecule has 2 rings (SSSR count). The number of carbonyl (C=O) groups excluding carboxylic acids is 1. The van der Waals surface area contributed by atoms with Crippen LogP contribution in [0.5, 0.6) is 0 Å². The number of Topliss-reactive ketones (excluding diaryl/α,β-unsaturated/α-hetero) is 1. The minimum Gasteiger partial charge on any atom is -0.378 e. The summed E-state index contributed by atoms with van der Waals surface area (Å²) in [5, 5.41) is 0. The maximum Gasteiger partial charge on any atom is 0.143 e. The average Bonchev–Trinajstić information content (AvgIpc) is 2.70. The van der Waals surface area contributed by atoms with Crippen molar-refractivity contribution in [2.24, 2.45) is 5.92 Å². The highest BCUT2D eigenvalue weighted by Crippen LogP contribution is 2.23. The van der Waals surface area contributed by atoms with Gasteiger partial charge in [0.2, 0.25) is 0 Å². The second-order valence-corrected chi connectivity index (χ2v) is 4.68. The van der Waals surface area contributed by atoms with Crippen LogP contribution >= 0.6 is 0 Å². The van der Waals surface area contributed by atoms with E-state index in [1.165, 1.54) is 12.1 Å². The molecule has 1 fully saturated rings. The summed E-state index contributed by atoms with van der Waals surface area (Å²) in [6.07, 6.45) is 1.09. The van der Waals surface area contributed by atoms with E-state index < -0.39 is 0 Å². The molecule has 1 aromatic rings. The fourth-order valence-corrected chi connectivity index (χ4v) is 2.30. The Bertz CT molecular complexity index is 428. The molecule has 0 aromatic heterocycles. The van der Waals surface area contributed by atoms with E-state index in [4.69, 9.17) is 4.74 Å². The van der Waals surface area contributed by atoms with Gasteiger partial charge < -0.3 is 4.74 Å². The van der Waals surface area contributed by atoms with Gasteiger partial charge >= 0.3 is 0 Å². The molecule has 0 radical (unpaired) electrons. The number of aryl methyl sites for hydroxylation is 1. The van der Waals surface area contributed by atoms with Crippen LogP contribution in [0.15, 0.2) is 18.2 Å². The van der Waals surface area contributed by atoms with Gasteiger partial charge in [0.05, 0.1) is 6.10 Å². The molecule has 2 atom stereocenters. The highest BCUT2D eigenvalue weighted by atomic mass is 19.1. The molecule has 0 aliphatic carbocycles. The molecule has 1 aromatic carbocycles. The molecule has 0 spiro atoms. The van der Waals surface area contributed by atoms with E-state index in [0.29, 0.717) is 13.0 Å². The van der Waals surface area contributed by atoms with Crippen molar-refractivity contribution in [1.82, 2.24) is 0 Å². The van der Waals surface area contributed by atoms with Crippen molar-refractivity contribution in [2.45, 2.75) is 32.8 Å². The molecule has 0 amide bonds. The van der Waals surface area contributed by atoms with Crippen molar-refractivity contribution in [3.63, 3.8) is 0 Å². The van der Waals surface area contributed by atoms with Gasteiger partial charge in [0.15, 0.2) is 0 Å². The Morgan fingerprint density at radius 1 is 1.53 bits per heavy atom. The van der Waals surface area contributed by atoms with Crippen LogP contribution in [0.25, 0.3) is 0 Å². The van der Waals surface area contributed by atoms with E-state index in [1.54, 1.807) is 6.07 Å². The Morgan fingerprint density at radius 3 is 2.94 bits per heavy atom. The lowest BCUT2D eigenvalue weighted by atomic mass is 9.91. The van der Waals surface area contributed by atoms with Crippen molar-refractivity contribution < 1.29 is 13.9 Å². The van der Waals surface area contributed by atoms with E-state index in [1.807, 2.05) is 13.8 Å². The van der Waals surface area contributed by atoms with Gasteiger partial charge in [-0.05, 0) is 43.5 Å². The minimum atomic E-state index is -0.283. The zero-order valence-corrected chi connectivity index (χ0v) is 10.2. The Hall–Kier alpha value is -1.22. The number of ketones is 1. The number of halogens is 1. The van der Waals surface area contributed by atoms with E-state index in [0.717, 1.165) is 17.5 Å². The lowest BCUT2D eigenvalue weighted by molar-refractivity contribution is -0.123. The predicted octanol–water partition coefficient (Wildman–Crippen LogP) is 2.67. The standard InChI is InChI=1S/C14H17FO2/c1-9-3-4-12(15)7-11(9)8-14(16)13-5-6-17-10(13)2/h3-4,7,10,13H,5-6,8H2,1-2H3. The maximum atomic E-state index is 13.1. The summed E-state index contributed by atoms with van der Waals surface area (Å²) in [5.74, 6) is -0.157. The van der Waals surface area contributed by atoms with Crippen molar-refractivity contribution >= 4 is 5.78 Å². The Kier molecular flexibility index (Phi) is 3.57. The summed E-state index contributed by atoms with van der Waals surface area (Å²) >= 11 is 0. The maximum absolute atomic E-state index is 13.1. The number of carbonyl (C=O) groups is 1. The number of hydrogen-bond acceptors (Lipinski definition) is 2. The van der Waals surface area contributed by atoms with E-state index in [-0.39, 0.29) is 23.6 Å². The number of benzene rings is 1. The molecule has 0 bridgehead atoms. The first-order chi connectivity index (χ1) is 8.08. The average molecular weight is 236 g/mol. The minimum absolute atomic E-state index is 0.00337. The van der Waals surface area contributed by atoms with Gasteiger partial charge in [0, 0.05) is 18.9 Å². The summed E-state index contributed by atoms with van der Waals surface area (Å²) in [6.45, 7) is 4.48. The molecule has 1 saturated heterocycles. The number of hydrogen-bond donors (Lipinski definition) is 0. The Labute approximate surface area is 101 Å². The van der Waals surface area contributed by atoms with Gasteiger partial charge in [0.1, 0.15) is 11.6 Å². The third kappa shape index (κ3) is 2.72. The molecule has 17 heavy (non-hydrogen) atoms. The first-order valence-electron chi connectivity index (χ1n) is 5.97. The van der Waals surface area contributed by atoms with Crippen molar-refractivity contribution in [3.05, 3.63) is 35.1 Å². The fraction of sp³-hybridized carbons (Fsp3) is 0.500. The van der Waals surface area contributed by atoms with Gasteiger partial charge in [0.25, 0.3) is 0 Å². The molecule has 0 N–H and O–H groups in total. The Balaban J connectivity index is 2.10. The highest BCUT2D eigenvalue weighted by molar-refractivity contribution is 5.84. The van der Waals surface area contributed by atoms with Gasteiger partial charge in [-0.2, -0.15) is 0 Å². The molecule has 92 valence electrons. The molecule has 2 nitrogen and oxygen atoms in total. The first kappa shape index (κ1) is 12.2. The molecule has 1 aliphatic heterocycles. The van der Waals surface area contributed by atoms with E-state index >= 15 is 0 Å². The van der Waals surface area contributed by atoms with Gasteiger partial charge in [-0.3, -0.25) is 4.79 Å². The zero-order valence-electron chi connectivity index (χ0n) is 10.2. The Morgan fingerprint density at radius 2 is 2.29 bits per heavy atom. The molecular weight excluding hydrogens is 219 g/mol. The fourth-order valence-electron chi connectivity index (χ4n) is 2.30. The van der Waals surface area contributed by atoms with Gasteiger partial charge in [-0.25, -0.2) is 4.39 Å². The second-order valence-electron chi connectivity index (χ2n) is 4.68. The molecule has 1 heterocycles. The highest BCUT2D eigenvalue weighted by Gasteiger charge is 2.30. The SMILES string of the molecule is Cc1ccc(F)cc1CC(=O)C1CCOC1C. The lowest BCUT2D eigenvalue weighted by Gasteiger charge is -2.13. The second kappa shape index (κ2) is 4.96. The number of rotatable bonds is 3. The van der Waals surface area contributed by atoms with Crippen LogP contribution in [0, 0.1) is 18.7 Å². The van der Waals surface area contributed by atoms with Crippen molar-refractivity contribution in [3.8, 4) is 0 Å². The summed E-state index contributed by atoms with van der Waals surface area (Å²) in [5.41, 5.74) is 1.75. The summed E-state index contributed by atoms with van der Waals surface area (Å²) in [6, 6.07) is 4.59. The van der Waals surface area contributed by atoms with Crippen LogP contribution in [0.2, 0.25) is 0 Å². The van der Waals surface area contributed by atoms with Crippen molar-refractivity contribution in [2.75, 3.05) is 6.61 Å². The van der Waals surface area contributed by atoms with Crippen LogP contribution in [0.4, 0.5) is 4.39 Å². The van der Waals surface area contributed by atoms with E-state index in [9.17, 15) is 9.18 Å². The van der Waals surface area contributed by atoms with Gasteiger partial charge in [-0.15, -0.1) is 0 Å².